The monoisotopic (exact) mass is 1940 g/mol. The van der Waals surface area contributed by atoms with E-state index in [2.05, 4.69) is 82.8 Å². The molecular formula is C75H110N21O26P3S4. The van der Waals surface area contributed by atoms with Gasteiger partial charge in [0, 0.05) is 98.3 Å². The van der Waals surface area contributed by atoms with Crippen LogP contribution >= 0.6 is 45.1 Å². The number of nitrogens with one attached hydrogen (secondary N) is 12. The Labute approximate surface area is 751 Å². The van der Waals surface area contributed by atoms with Crippen LogP contribution in [-0.4, -0.2) is 229 Å². The standard InChI is InChI=1S/C75H110N21O26P3S4/c1-74(2)48-38-46(128(113,114)115)26-28-53(48)90-58(74)22-8-5-9-23-59-75(3,4)49-39-47(129(116,117)118)27-29-55(49)95(59)36-13-7-11-24-61(99)91-54(43-127-126-37-30-60(98)83-32-14-18-45-41-96(66-64(45)65(79)88-44-89-66)63-40-56(97)57(120-63)42-119-124(109,110)122-125(111,112)121-123(106,107)108)69(103)84-31-12-6-10-25-62(100)92-71(80)85-33-15-19-50(76)67(101)93-72(81)86-34-16-20-51(77)68(102)94-73(82)87-35-17-21-52(78)70(104)105/h5,8-9,22-23,26-29,38-39,41,44,50-52,54,56-57,63,97H,6-7,10-13,15-17,19-21,24-25,30-37,40,42-43,76-78H2,1-4H3,(H,83,98)(H,84,103)(H,91,99)(H,104,105)(H,109,110)(H,111,112)(H2,79,88,89)(H2,106,107,108)(H,113,114,115)(H,116,117,118)(H3,80,85,92,100)(H3,81,86,93,101)(H3,82,87,94,102)/b9-5+,22-8+,59-23+. The number of carboxylic acids is 1. The van der Waals surface area contributed by atoms with Gasteiger partial charge in [-0.15, -0.1) is 0 Å². The molecule has 7 rings (SSSR count). The number of aliphatic imine (C=N–C) groups is 1. The molecule has 710 valence electrons. The van der Waals surface area contributed by atoms with Gasteiger partial charge in [-0.3, -0.25) is 84.4 Å². The normalized spacial score (nSPS) is 18.0. The van der Waals surface area contributed by atoms with Crippen LogP contribution in [0.1, 0.15) is 153 Å². The van der Waals surface area contributed by atoms with Gasteiger partial charge in [0.15, 0.2) is 17.9 Å². The molecule has 1 saturated heterocycles. The lowest BCUT2D eigenvalue weighted by Crippen LogP contribution is -2.49. The highest BCUT2D eigenvalue weighted by atomic mass is 33.1. The molecule has 0 aliphatic carbocycles. The lowest BCUT2D eigenvalue weighted by atomic mass is 9.81. The molecule has 54 heteroatoms. The molecular weight excluding hydrogens is 1830 g/mol. The third-order valence-electron chi connectivity index (χ3n) is 20.1. The van der Waals surface area contributed by atoms with Crippen LogP contribution in [0.25, 0.3) is 11.0 Å². The van der Waals surface area contributed by atoms with Crippen LogP contribution in [0.4, 0.5) is 17.2 Å². The van der Waals surface area contributed by atoms with Crippen molar-refractivity contribution < 1.29 is 121 Å². The second-order valence-electron chi connectivity index (χ2n) is 30.7. The number of nitrogens with zero attached hydrogens (tertiary/aromatic N) is 5. The van der Waals surface area contributed by atoms with Gasteiger partial charge in [-0.1, -0.05) is 92.2 Å². The molecule has 9 unspecified atom stereocenters. The molecule has 9 atom stereocenters. The van der Waals surface area contributed by atoms with Gasteiger partial charge < -0.3 is 98.8 Å². The number of unbranched alkanes of at least 4 members (excludes halogenated alkanes) is 4. The van der Waals surface area contributed by atoms with Crippen LogP contribution < -0.4 is 75.7 Å². The molecule has 0 saturated carbocycles. The Kier molecular flexibility index (Phi) is 40.2. The van der Waals surface area contributed by atoms with Crippen LogP contribution in [0, 0.1) is 28.1 Å². The summed E-state index contributed by atoms with van der Waals surface area (Å²) < 4.78 is 123. The fourth-order valence-electron chi connectivity index (χ4n) is 13.3. The molecule has 2 aromatic heterocycles. The van der Waals surface area contributed by atoms with E-state index in [9.17, 15) is 88.1 Å². The maximum atomic E-state index is 13.9. The first-order valence-corrected chi connectivity index (χ1v) is 50.2. The van der Waals surface area contributed by atoms with Crippen LogP contribution in [0.15, 0.2) is 99.8 Å². The molecule has 6 amide bonds. The number of nitrogen functional groups attached to an aromatic ring is 1. The van der Waals surface area contributed by atoms with Crippen molar-refractivity contribution >= 4 is 159 Å². The number of carboxylic acid groups (broad SMARTS) is 1. The average molecular weight is 1940 g/mol. The number of ether oxygens (including phenoxy) is 1. The van der Waals surface area contributed by atoms with Crippen molar-refractivity contribution in [3.05, 3.63) is 102 Å². The third kappa shape index (κ3) is 34.0. The maximum absolute atomic E-state index is 13.9. The van der Waals surface area contributed by atoms with E-state index < -0.39 is 145 Å². The average Bonchev–Trinajstić information content (AvgIpc) is 1.58. The minimum absolute atomic E-state index is 0.00592. The number of allylic oxidation sites excluding steroid dienone is 6. The summed E-state index contributed by atoms with van der Waals surface area (Å²) in [7, 11) is -23.6. The molecule has 28 N–H and O–H groups in total. The molecule has 1 fully saturated rings. The number of phosphoric ester groups is 1. The molecule has 2 aromatic carbocycles. The summed E-state index contributed by atoms with van der Waals surface area (Å²) in [5.41, 5.74) is 26.5. The topological polar surface area (TPSA) is 768 Å². The molecule has 3 aliphatic rings. The minimum atomic E-state index is -5.83. The number of benzene rings is 2. The molecule has 4 aromatic rings. The van der Waals surface area contributed by atoms with E-state index in [4.69, 9.17) is 63.8 Å². The largest absolute Gasteiger partial charge is 0.490 e. The number of nitrogens with two attached hydrogens (primary N) is 4. The number of aliphatic carboxylic acids is 1. The van der Waals surface area contributed by atoms with Gasteiger partial charge in [0.1, 0.15) is 42.2 Å². The van der Waals surface area contributed by atoms with E-state index in [1.807, 2.05) is 44.7 Å². The van der Waals surface area contributed by atoms with Gasteiger partial charge in [-0.25, -0.2) is 23.7 Å². The van der Waals surface area contributed by atoms with Crippen molar-refractivity contribution in [3.63, 3.8) is 0 Å². The zero-order chi connectivity index (χ0) is 95.4. The molecule has 129 heavy (non-hydrogen) atoms. The van der Waals surface area contributed by atoms with Crippen molar-refractivity contribution in [1.82, 2.24) is 62.4 Å². The number of phosphoric acid groups is 3. The summed E-state index contributed by atoms with van der Waals surface area (Å²) in [5, 5.41) is 67.6. The Morgan fingerprint density at radius 3 is 1.87 bits per heavy atom. The first-order chi connectivity index (χ1) is 60.5. The summed E-state index contributed by atoms with van der Waals surface area (Å²) in [5.74, 6) is 0.866. The van der Waals surface area contributed by atoms with E-state index in [0.29, 0.717) is 92.5 Å². The number of hydrogen-bond acceptors (Lipinski definition) is 32. The van der Waals surface area contributed by atoms with Crippen LogP contribution in [-0.2, 0) is 96.2 Å². The van der Waals surface area contributed by atoms with Crippen molar-refractivity contribution in [1.29, 1.82) is 16.2 Å². The Morgan fingerprint density at radius 2 is 1.26 bits per heavy atom. The number of carbonyl (C=O) groups excluding carboxylic acids is 6. The third-order valence-corrected chi connectivity index (χ3v) is 28.0. The fraction of sp³-hybridized carbons (Fsp3) is 0.507. The molecule has 0 radical (unpaired) electrons. The molecule has 47 nitrogen and oxygen atoms in total. The van der Waals surface area contributed by atoms with Crippen LogP contribution in [0.3, 0.4) is 0 Å². The Hall–Kier alpha value is -9.46. The number of hydrogen-bond donors (Lipinski definition) is 24. The number of amides is 6. The van der Waals surface area contributed by atoms with Crippen molar-refractivity contribution in [2.75, 3.05) is 68.0 Å². The zero-order valence-electron chi connectivity index (χ0n) is 70.7. The SMILES string of the molecule is CC1(C)C(/C=C/C=C/C=C2/N(CCCCCC(=O)NC(CSSCCC(=O)NCC#Cc3cn(C4CC(O)C(COP(=O)(O)OP(=O)(O)OP(=O)(O)O)O4)c4ncnc(N)c34)C(=O)NCCCCCC(=O)NC(=N)NCCCC(N)C(=O)NC(=N)NCCCC(N)C(=O)NC(=N)NCCCC(N)C(=O)O)c3ccc(S(=O)(=O)O)cc3C2(C)C)=Nc2ccc(S(=O)(=O)O)cc21. The summed E-state index contributed by atoms with van der Waals surface area (Å²) in [6.07, 6.45) is 11.9. The molecule has 3 aliphatic heterocycles. The lowest BCUT2D eigenvalue weighted by molar-refractivity contribution is -0.138. The van der Waals surface area contributed by atoms with Crippen LogP contribution in [0.5, 0.6) is 0 Å². The van der Waals surface area contributed by atoms with E-state index in [0.717, 1.165) is 12.0 Å². The van der Waals surface area contributed by atoms with E-state index >= 15 is 0 Å². The van der Waals surface area contributed by atoms with E-state index in [1.54, 1.807) is 24.3 Å². The quantitative estimate of drug-likeness (QED) is 0.00442. The van der Waals surface area contributed by atoms with Gasteiger partial charge in [-0.2, -0.15) is 25.5 Å². The summed E-state index contributed by atoms with van der Waals surface area (Å²) in [6.45, 7) is 7.60. The highest BCUT2D eigenvalue weighted by Crippen LogP contribution is 2.66. The number of anilines is 2. The number of rotatable bonds is 49. The predicted molar refractivity (Wildman–Crippen MR) is 478 cm³/mol. The number of fused-ring (bicyclic) bond motifs is 3. The van der Waals surface area contributed by atoms with E-state index in [1.165, 1.54) is 62.7 Å². The molecule has 0 spiro atoms. The summed E-state index contributed by atoms with van der Waals surface area (Å²) >= 11 is 0. The summed E-state index contributed by atoms with van der Waals surface area (Å²) in [4.78, 5) is 141. The van der Waals surface area contributed by atoms with Crippen LogP contribution in [0.2, 0.25) is 0 Å². The minimum Gasteiger partial charge on any atom is -0.480 e. The van der Waals surface area contributed by atoms with Crippen molar-refractivity contribution in [3.8, 4) is 11.8 Å². The maximum Gasteiger partial charge on any atom is 0.490 e. The number of carbonyl (C=O) groups is 7. The highest BCUT2D eigenvalue weighted by Gasteiger charge is 2.45. The molecule has 0 bridgehead atoms. The highest BCUT2D eigenvalue weighted by molar-refractivity contribution is 8.76. The van der Waals surface area contributed by atoms with Gasteiger partial charge in [0.2, 0.25) is 35.4 Å². The zero-order valence-corrected chi connectivity index (χ0v) is 76.6. The second kappa shape index (κ2) is 48.6. The van der Waals surface area contributed by atoms with Gasteiger partial charge in [0.25, 0.3) is 20.2 Å². The van der Waals surface area contributed by atoms with E-state index in [-0.39, 0.29) is 139 Å². The van der Waals surface area contributed by atoms with Gasteiger partial charge in [-0.05, 0) is 124 Å². The number of aliphatic hydroxyl groups is 1. The lowest BCUT2D eigenvalue weighted by Gasteiger charge is -2.27. The summed E-state index contributed by atoms with van der Waals surface area (Å²) in [6, 6.07) is 4.47. The smallest absolute Gasteiger partial charge is 0.480 e. The second-order valence-corrected chi connectivity index (χ2v) is 40.6. The first kappa shape index (κ1) is 107. The number of aliphatic hydroxyl groups excluding tert-OH is 1. The fourth-order valence-corrected chi connectivity index (χ4v) is 19.5. The van der Waals surface area contributed by atoms with Gasteiger partial charge >= 0.3 is 29.4 Å². The van der Waals surface area contributed by atoms with Crippen molar-refractivity contribution in [2.45, 2.75) is 194 Å². The Balaban J connectivity index is 0.875. The number of guanidine groups is 3. The van der Waals surface area contributed by atoms with Gasteiger partial charge in [0.05, 0.1) is 63.5 Å². The number of aromatic nitrogens is 3. The predicted octanol–water partition coefficient (Wildman–Crippen LogP) is 2.65. The molecule has 5 heterocycles. The van der Waals surface area contributed by atoms with Crippen molar-refractivity contribution in [2.24, 2.45) is 22.2 Å². The Bertz CT molecular complexity index is 5360. The first-order valence-electron chi connectivity index (χ1n) is 40.3. The Morgan fingerprint density at radius 1 is 0.674 bits per heavy atom.